The molecule has 0 atom stereocenters. The number of carbonyl (C=O) groups is 1. The van der Waals surface area contributed by atoms with E-state index in [1.165, 1.54) is 75.5 Å². The molecule has 0 fully saturated rings. The number of rotatable bonds is 15. The van der Waals surface area contributed by atoms with Gasteiger partial charge in [0.1, 0.15) is 17.3 Å². The second-order valence-electron chi connectivity index (χ2n) is 8.03. The van der Waals surface area contributed by atoms with E-state index < -0.39 is 0 Å². The third kappa shape index (κ3) is 9.54. The number of hydrogen-bond donors (Lipinski definition) is 0. The van der Waals surface area contributed by atoms with Gasteiger partial charge in [-0.3, -0.25) is 9.69 Å². The van der Waals surface area contributed by atoms with Gasteiger partial charge in [0.15, 0.2) is 0 Å². The summed E-state index contributed by atoms with van der Waals surface area (Å²) in [5.41, 5.74) is 0.635. The van der Waals surface area contributed by atoms with Crippen LogP contribution in [0.4, 0.5) is 5.69 Å². The molecular formula is C25H37LiN2O3. The first-order valence-corrected chi connectivity index (χ1v) is 11.6. The Bertz CT molecular complexity index is 699. The van der Waals surface area contributed by atoms with Crippen LogP contribution < -0.4 is 33.6 Å². The van der Waals surface area contributed by atoms with Gasteiger partial charge in [-0.25, -0.2) is 4.99 Å². The van der Waals surface area contributed by atoms with E-state index in [9.17, 15) is 9.90 Å². The minimum Gasteiger partial charge on any atom is -0.876 e. The summed E-state index contributed by atoms with van der Waals surface area (Å²) in [6, 6.07) is 7.36. The first-order chi connectivity index (χ1) is 14.7. The fourth-order valence-electron chi connectivity index (χ4n) is 3.74. The summed E-state index contributed by atoms with van der Waals surface area (Å²) in [5.74, 6) is 0.919. The first-order valence-electron chi connectivity index (χ1n) is 11.6. The molecule has 5 nitrogen and oxygen atoms in total. The quantitative estimate of drug-likeness (QED) is 0.190. The maximum absolute atomic E-state index is 12.2. The molecule has 0 saturated carbocycles. The van der Waals surface area contributed by atoms with Crippen molar-refractivity contribution in [1.82, 2.24) is 0 Å². The van der Waals surface area contributed by atoms with Gasteiger partial charge in [0, 0.05) is 0 Å². The Balaban J connectivity index is 0.00000480. The monoisotopic (exact) mass is 420 g/mol. The Kier molecular flexibility index (Phi) is 14.1. The molecule has 1 aliphatic rings. The molecule has 1 aliphatic heterocycles. The van der Waals surface area contributed by atoms with E-state index in [0.717, 1.165) is 12.2 Å². The van der Waals surface area contributed by atoms with E-state index in [4.69, 9.17) is 4.74 Å². The predicted molar refractivity (Wildman–Crippen MR) is 122 cm³/mol. The molecular weight excluding hydrogens is 383 g/mol. The van der Waals surface area contributed by atoms with Gasteiger partial charge < -0.3 is 9.84 Å². The topological polar surface area (TPSA) is 65.0 Å². The van der Waals surface area contributed by atoms with Crippen molar-refractivity contribution in [2.75, 3.05) is 11.5 Å². The Labute approximate surface area is 200 Å². The average Bonchev–Trinajstić information content (AvgIpc) is 3.05. The summed E-state index contributed by atoms with van der Waals surface area (Å²) in [6.45, 7) is 4.69. The normalized spacial score (nSPS) is 14.6. The molecule has 0 bridgehead atoms. The molecule has 1 heterocycles. The average molecular weight is 421 g/mol. The summed E-state index contributed by atoms with van der Waals surface area (Å²) >= 11 is 0. The van der Waals surface area contributed by atoms with Crippen LogP contribution in [0.3, 0.4) is 0 Å². The van der Waals surface area contributed by atoms with Gasteiger partial charge in [-0.15, -0.1) is 6.26 Å². The van der Waals surface area contributed by atoms with Crippen molar-refractivity contribution in [1.29, 1.82) is 0 Å². The number of amidine groups is 1. The van der Waals surface area contributed by atoms with Crippen molar-refractivity contribution in [2.45, 2.75) is 90.9 Å². The van der Waals surface area contributed by atoms with Crippen LogP contribution in [-0.2, 0) is 4.79 Å². The summed E-state index contributed by atoms with van der Waals surface area (Å²) in [5, 5.41) is 10.9. The molecule has 31 heavy (non-hydrogen) atoms. The van der Waals surface area contributed by atoms with Crippen LogP contribution in [0, 0.1) is 0 Å². The summed E-state index contributed by atoms with van der Waals surface area (Å²) in [6.07, 6.45) is 16.4. The Morgan fingerprint density at radius 2 is 1.42 bits per heavy atom. The number of nitrogens with zero attached hydrogens (tertiary/aromatic N) is 2. The molecule has 166 valence electrons. The van der Waals surface area contributed by atoms with E-state index in [1.807, 2.05) is 24.3 Å². The van der Waals surface area contributed by atoms with E-state index in [1.54, 1.807) is 6.92 Å². The molecule has 0 aromatic heterocycles. The van der Waals surface area contributed by atoms with Crippen LogP contribution in [0.1, 0.15) is 90.9 Å². The molecule has 1 aromatic carbocycles. The fourth-order valence-corrected chi connectivity index (χ4v) is 3.74. The maximum Gasteiger partial charge on any atom is 1.00 e. The van der Waals surface area contributed by atoms with Gasteiger partial charge in [0.25, 0.3) is 5.91 Å². The largest absolute Gasteiger partial charge is 1.00 e. The molecule has 1 aromatic rings. The molecule has 0 aliphatic carbocycles. The number of benzene rings is 1. The van der Waals surface area contributed by atoms with Gasteiger partial charge >= 0.3 is 18.9 Å². The zero-order valence-electron chi connectivity index (χ0n) is 19.7. The van der Waals surface area contributed by atoms with Gasteiger partial charge in [-0.05, 0) is 37.6 Å². The number of amides is 1. The van der Waals surface area contributed by atoms with Gasteiger partial charge in [0.2, 0.25) is 0 Å². The zero-order valence-corrected chi connectivity index (χ0v) is 19.7. The van der Waals surface area contributed by atoms with Crippen LogP contribution in [0.25, 0.3) is 0 Å². The third-order valence-electron chi connectivity index (χ3n) is 5.50. The molecule has 0 N–H and O–H groups in total. The standard InChI is InChI=1S/C25H38N2O3.Li/c1-3-4-5-6-7-8-9-10-11-12-13-14-19-30-23-17-15-22(16-18-23)27-21(2)26-24(20-28)25(27)29;/h15-18,20,28H,3-14,19H2,1-2H3;/q;+1/p-1/b24-20+;. The molecule has 0 saturated heterocycles. The van der Waals surface area contributed by atoms with Crippen LogP contribution in [0.2, 0.25) is 0 Å². The molecule has 1 amide bonds. The van der Waals surface area contributed by atoms with E-state index >= 15 is 0 Å². The SMILES string of the molecule is CCCCCCCCCCCCCCOc1ccc(N2C(=O)/C(=C\[O-])N=C2C)cc1.[Li+]. The smallest absolute Gasteiger partial charge is 0.876 e. The number of aliphatic imine (C=N–C) groups is 1. The van der Waals surface area contributed by atoms with E-state index in [0.29, 0.717) is 24.4 Å². The summed E-state index contributed by atoms with van der Waals surface area (Å²) < 4.78 is 5.82. The summed E-state index contributed by atoms with van der Waals surface area (Å²) in [4.78, 5) is 17.6. The first kappa shape index (κ1) is 27.3. The predicted octanol–water partition coefficient (Wildman–Crippen LogP) is 2.74. The van der Waals surface area contributed by atoms with Crippen molar-refractivity contribution in [3.8, 4) is 5.75 Å². The maximum atomic E-state index is 12.2. The second-order valence-corrected chi connectivity index (χ2v) is 8.03. The van der Waals surface area contributed by atoms with Crippen molar-refractivity contribution < 1.29 is 33.5 Å². The van der Waals surface area contributed by atoms with Gasteiger partial charge in [0.05, 0.1) is 12.3 Å². The number of anilines is 1. The second kappa shape index (κ2) is 16.0. The van der Waals surface area contributed by atoms with Crippen molar-refractivity contribution in [3.63, 3.8) is 0 Å². The Morgan fingerprint density at radius 1 is 0.903 bits per heavy atom. The molecule has 0 radical (unpaired) electrons. The summed E-state index contributed by atoms with van der Waals surface area (Å²) in [7, 11) is 0. The van der Waals surface area contributed by atoms with Crippen LogP contribution in [-0.4, -0.2) is 18.3 Å². The molecule has 0 spiro atoms. The minimum atomic E-state index is -0.382. The molecule has 6 heteroatoms. The number of hydrogen-bond acceptors (Lipinski definition) is 4. The van der Waals surface area contributed by atoms with Crippen molar-refractivity contribution in [2.24, 2.45) is 4.99 Å². The Morgan fingerprint density at radius 3 is 1.90 bits per heavy atom. The molecule has 0 unspecified atom stereocenters. The number of unbranched alkanes of at least 4 members (excludes halogenated alkanes) is 11. The van der Waals surface area contributed by atoms with E-state index in [2.05, 4.69) is 11.9 Å². The number of carbonyl (C=O) groups excluding carboxylic acids is 1. The van der Waals surface area contributed by atoms with Crippen LogP contribution in [0.5, 0.6) is 5.75 Å². The fraction of sp³-hybridized carbons (Fsp3) is 0.600. The van der Waals surface area contributed by atoms with Crippen molar-refractivity contribution >= 4 is 17.4 Å². The van der Waals surface area contributed by atoms with Crippen LogP contribution in [0.15, 0.2) is 41.2 Å². The zero-order chi connectivity index (χ0) is 21.6. The number of ether oxygens (including phenoxy) is 1. The van der Waals surface area contributed by atoms with Crippen molar-refractivity contribution in [3.05, 3.63) is 36.2 Å². The van der Waals surface area contributed by atoms with Gasteiger partial charge in [-0.2, -0.15) is 0 Å². The van der Waals surface area contributed by atoms with Crippen LogP contribution >= 0.6 is 0 Å². The Hall–Kier alpha value is -1.70. The third-order valence-corrected chi connectivity index (χ3v) is 5.50. The van der Waals surface area contributed by atoms with E-state index in [-0.39, 0.29) is 30.5 Å². The molecule has 2 rings (SSSR count). The van der Waals surface area contributed by atoms with Gasteiger partial charge in [-0.1, -0.05) is 77.6 Å². The minimum absolute atomic E-state index is 0.